The number of hydrogen-bond donors (Lipinski definition) is 0. The molecule has 1 aromatic rings. The molecule has 8 nitrogen and oxygen atoms in total. The van der Waals surface area contributed by atoms with Crippen molar-refractivity contribution in [2.75, 3.05) is 6.61 Å². The van der Waals surface area contributed by atoms with Gasteiger partial charge in [-0.25, -0.2) is 0 Å². The SMILES string of the molecule is CCCCCCCCCCCC(=O)OC[C@H]1OC(Cl)[C@H](OCc2ccccc2)[C@@H](OC(=O)CCCCCCCCCCC)[C@H]1OC(=O)CCCCCCCCCCC. The topological polar surface area (TPSA) is 97.4 Å². The molecule has 1 heterocycles. The van der Waals surface area contributed by atoms with Crippen LogP contribution >= 0.6 is 11.6 Å². The molecular weight excluding hydrogens is 752 g/mol. The summed E-state index contributed by atoms with van der Waals surface area (Å²) in [7, 11) is 0. The van der Waals surface area contributed by atoms with Crippen LogP contribution in [0.2, 0.25) is 0 Å². The lowest BCUT2D eigenvalue weighted by molar-refractivity contribution is -0.244. The van der Waals surface area contributed by atoms with Gasteiger partial charge < -0.3 is 23.7 Å². The Morgan fingerprint density at radius 2 is 0.879 bits per heavy atom. The first-order valence-corrected chi connectivity index (χ1v) is 24.3. The predicted octanol–water partition coefficient (Wildman–Crippen LogP) is 13.7. The Morgan fingerprint density at radius 3 is 1.31 bits per heavy atom. The molecule has 0 aliphatic carbocycles. The highest BCUT2D eigenvalue weighted by Crippen LogP contribution is 2.32. The summed E-state index contributed by atoms with van der Waals surface area (Å²) in [6, 6.07) is 9.66. The van der Waals surface area contributed by atoms with Gasteiger partial charge in [0.25, 0.3) is 0 Å². The van der Waals surface area contributed by atoms with Crippen molar-refractivity contribution in [1.29, 1.82) is 0 Å². The van der Waals surface area contributed by atoms with Gasteiger partial charge in [0.2, 0.25) is 0 Å². The Labute approximate surface area is 358 Å². The van der Waals surface area contributed by atoms with Crippen molar-refractivity contribution in [1.82, 2.24) is 0 Å². The molecule has 5 atom stereocenters. The van der Waals surface area contributed by atoms with Gasteiger partial charge >= 0.3 is 17.9 Å². The van der Waals surface area contributed by atoms with Crippen LogP contribution in [0.15, 0.2) is 30.3 Å². The molecule has 0 amide bonds. The molecule has 1 unspecified atom stereocenters. The number of carbonyl (C=O) groups is 3. The van der Waals surface area contributed by atoms with Crippen molar-refractivity contribution in [3.63, 3.8) is 0 Å². The summed E-state index contributed by atoms with van der Waals surface area (Å²) in [5.74, 6) is -1.13. The summed E-state index contributed by atoms with van der Waals surface area (Å²) < 4.78 is 30.6. The molecule has 1 aliphatic heterocycles. The number of esters is 3. The first kappa shape index (κ1) is 52.0. The molecule has 334 valence electrons. The molecular formula is C49H83ClO8. The van der Waals surface area contributed by atoms with E-state index in [1.165, 1.54) is 109 Å². The van der Waals surface area contributed by atoms with Gasteiger partial charge in [-0.3, -0.25) is 14.4 Å². The van der Waals surface area contributed by atoms with Crippen molar-refractivity contribution >= 4 is 29.5 Å². The lowest BCUT2D eigenvalue weighted by Gasteiger charge is -2.43. The Morgan fingerprint density at radius 1 is 0.500 bits per heavy atom. The third kappa shape index (κ3) is 25.5. The highest BCUT2D eigenvalue weighted by atomic mass is 35.5. The zero-order chi connectivity index (χ0) is 41.9. The fourth-order valence-corrected chi connectivity index (χ4v) is 7.97. The standard InChI is InChI=1S/C49H83ClO8/c1-4-7-10-13-16-19-22-25-31-36-43(51)54-40-42-46(57-44(52)37-32-26-23-20-17-14-11-8-5-2)47(48(49(50)56-42)55-39-41-34-29-28-30-35-41)58-45(53)38-33-27-24-21-18-15-12-9-6-3/h28-30,34-35,42,46-49H,4-27,31-33,36-40H2,1-3H3/t42-,46+,47+,48-,49?/m1/s1. The van der Waals surface area contributed by atoms with Crippen LogP contribution in [0.3, 0.4) is 0 Å². The van der Waals surface area contributed by atoms with Gasteiger partial charge in [0.1, 0.15) is 18.8 Å². The number of rotatable bonds is 37. The number of unbranched alkanes of at least 4 members (excludes halogenated alkanes) is 24. The number of hydrogen-bond acceptors (Lipinski definition) is 8. The molecule has 0 aromatic heterocycles. The lowest BCUT2D eigenvalue weighted by Crippen LogP contribution is -2.60. The van der Waals surface area contributed by atoms with Crippen LogP contribution < -0.4 is 0 Å². The van der Waals surface area contributed by atoms with E-state index in [1.54, 1.807) is 0 Å². The van der Waals surface area contributed by atoms with Gasteiger partial charge in [-0.1, -0.05) is 217 Å². The van der Waals surface area contributed by atoms with Crippen molar-refractivity contribution in [2.24, 2.45) is 0 Å². The van der Waals surface area contributed by atoms with Crippen LogP contribution in [0.1, 0.15) is 219 Å². The third-order valence-electron chi connectivity index (χ3n) is 11.3. The second-order valence-electron chi connectivity index (χ2n) is 16.6. The highest BCUT2D eigenvalue weighted by molar-refractivity contribution is 6.20. The predicted molar refractivity (Wildman–Crippen MR) is 236 cm³/mol. The smallest absolute Gasteiger partial charge is 0.306 e. The molecule has 1 aromatic carbocycles. The van der Waals surface area contributed by atoms with E-state index >= 15 is 0 Å². The molecule has 0 N–H and O–H groups in total. The monoisotopic (exact) mass is 835 g/mol. The Balaban J connectivity index is 2.08. The summed E-state index contributed by atoms with van der Waals surface area (Å²) >= 11 is 6.87. The molecule has 58 heavy (non-hydrogen) atoms. The number of halogens is 1. The van der Waals surface area contributed by atoms with Crippen LogP contribution in [0.5, 0.6) is 0 Å². The first-order chi connectivity index (χ1) is 28.4. The maximum absolute atomic E-state index is 13.5. The largest absolute Gasteiger partial charge is 0.463 e. The number of alkyl halides is 1. The van der Waals surface area contributed by atoms with Crippen molar-refractivity contribution in [3.8, 4) is 0 Å². The summed E-state index contributed by atoms with van der Waals surface area (Å²) in [6.45, 7) is 6.70. The zero-order valence-corrected chi connectivity index (χ0v) is 37.8. The van der Waals surface area contributed by atoms with E-state index in [2.05, 4.69) is 20.8 Å². The van der Waals surface area contributed by atoms with E-state index in [0.29, 0.717) is 19.3 Å². The maximum atomic E-state index is 13.5. The van der Waals surface area contributed by atoms with Gasteiger partial charge in [-0.15, -0.1) is 0 Å². The van der Waals surface area contributed by atoms with Crippen LogP contribution in [0.25, 0.3) is 0 Å². The minimum Gasteiger partial charge on any atom is -0.463 e. The molecule has 1 aliphatic rings. The van der Waals surface area contributed by atoms with Gasteiger partial charge in [0.05, 0.1) is 6.61 Å². The second-order valence-corrected chi connectivity index (χ2v) is 17.0. The Hall–Kier alpha value is -2.16. The summed E-state index contributed by atoms with van der Waals surface area (Å²) in [5, 5.41) is 0. The molecule has 1 fully saturated rings. The van der Waals surface area contributed by atoms with Crippen LogP contribution in [0.4, 0.5) is 0 Å². The molecule has 0 saturated carbocycles. The first-order valence-electron chi connectivity index (χ1n) is 23.9. The maximum Gasteiger partial charge on any atom is 0.306 e. The highest BCUT2D eigenvalue weighted by Gasteiger charge is 2.51. The van der Waals surface area contributed by atoms with E-state index in [1.807, 2.05) is 30.3 Å². The van der Waals surface area contributed by atoms with Gasteiger partial charge in [-0.05, 0) is 24.8 Å². The molecule has 0 bridgehead atoms. The summed E-state index contributed by atoms with van der Waals surface area (Å²) in [6.07, 6.45) is 27.5. The van der Waals surface area contributed by atoms with Gasteiger partial charge in [0, 0.05) is 19.3 Å². The average molecular weight is 836 g/mol. The van der Waals surface area contributed by atoms with Crippen molar-refractivity contribution in [3.05, 3.63) is 35.9 Å². The van der Waals surface area contributed by atoms with E-state index in [-0.39, 0.29) is 32.0 Å². The molecule has 0 radical (unpaired) electrons. The number of carbonyl (C=O) groups excluding carboxylic acids is 3. The van der Waals surface area contributed by atoms with Gasteiger partial charge in [-0.2, -0.15) is 0 Å². The van der Waals surface area contributed by atoms with Crippen molar-refractivity contribution in [2.45, 2.75) is 250 Å². The van der Waals surface area contributed by atoms with Crippen LogP contribution in [0, 0.1) is 0 Å². The normalized spacial score (nSPS) is 19.2. The zero-order valence-electron chi connectivity index (χ0n) is 37.0. The summed E-state index contributed by atoms with van der Waals surface area (Å²) in [5.41, 5.74) is -0.125. The minimum absolute atomic E-state index is 0.173. The van der Waals surface area contributed by atoms with E-state index in [0.717, 1.165) is 56.9 Å². The molecule has 2 rings (SSSR count). The lowest BCUT2D eigenvalue weighted by atomic mass is 9.98. The van der Waals surface area contributed by atoms with E-state index in [4.69, 9.17) is 35.3 Å². The molecule has 1 saturated heterocycles. The Bertz CT molecular complexity index is 1150. The van der Waals surface area contributed by atoms with Crippen molar-refractivity contribution < 1.29 is 38.1 Å². The van der Waals surface area contributed by atoms with E-state index < -0.39 is 41.9 Å². The fourth-order valence-electron chi connectivity index (χ4n) is 7.63. The summed E-state index contributed by atoms with van der Waals surface area (Å²) in [4.78, 5) is 39.9. The second kappa shape index (κ2) is 35.6. The fraction of sp³-hybridized carbons (Fsp3) is 0.816. The van der Waals surface area contributed by atoms with E-state index in [9.17, 15) is 14.4 Å². The number of ether oxygens (including phenoxy) is 5. The van der Waals surface area contributed by atoms with Crippen LogP contribution in [-0.2, 0) is 44.7 Å². The third-order valence-corrected chi connectivity index (χ3v) is 11.6. The average Bonchev–Trinajstić information content (AvgIpc) is 3.22. The van der Waals surface area contributed by atoms with Gasteiger partial charge in [0.15, 0.2) is 17.8 Å². The number of benzene rings is 1. The molecule has 9 heteroatoms. The Kier molecular flexibility index (Phi) is 31.9. The minimum atomic E-state index is -1.06. The van der Waals surface area contributed by atoms with Crippen LogP contribution in [-0.4, -0.2) is 54.5 Å². The quantitative estimate of drug-likeness (QED) is 0.0283. The molecule has 0 spiro atoms.